The van der Waals surface area contributed by atoms with E-state index >= 15 is 0 Å². The molecule has 0 bridgehead atoms. The van der Waals surface area contributed by atoms with Gasteiger partial charge in [0.05, 0.1) is 13.0 Å². The topological polar surface area (TPSA) is 87.7 Å². The molecule has 0 radical (unpaired) electrons. The summed E-state index contributed by atoms with van der Waals surface area (Å²) in [6, 6.07) is 22.3. The fourth-order valence-electron chi connectivity index (χ4n) is 3.99. The Morgan fingerprint density at radius 1 is 0.943 bits per heavy atom. The van der Waals surface area contributed by atoms with Crippen LogP contribution in [0.3, 0.4) is 0 Å². The molecule has 1 atom stereocenters. The second-order valence-electron chi connectivity index (χ2n) is 8.76. The summed E-state index contributed by atoms with van der Waals surface area (Å²) in [6.45, 7) is 3.32. The van der Waals surface area contributed by atoms with Gasteiger partial charge in [0.1, 0.15) is 5.75 Å². The van der Waals surface area contributed by atoms with Crippen LogP contribution >= 0.6 is 0 Å². The number of aryl methyl sites for hydroxylation is 1. The number of carbonyl (C=O) groups excluding carboxylic acids is 3. The number of nitrogens with zero attached hydrogens (tertiary/aromatic N) is 1. The Labute approximate surface area is 205 Å². The van der Waals surface area contributed by atoms with Crippen molar-refractivity contribution in [3.05, 3.63) is 95.1 Å². The van der Waals surface area contributed by atoms with Gasteiger partial charge in [0.2, 0.25) is 11.8 Å². The van der Waals surface area contributed by atoms with Crippen molar-refractivity contribution in [2.45, 2.75) is 26.4 Å². The zero-order valence-corrected chi connectivity index (χ0v) is 19.9. The third-order valence-electron chi connectivity index (χ3n) is 6.11. The van der Waals surface area contributed by atoms with E-state index in [0.717, 1.165) is 16.9 Å². The second kappa shape index (κ2) is 10.9. The Morgan fingerprint density at radius 3 is 2.26 bits per heavy atom. The summed E-state index contributed by atoms with van der Waals surface area (Å²) in [6.07, 6.45) is 0.198. The van der Waals surface area contributed by atoms with Gasteiger partial charge in [-0.15, -0.1) is 0 Å². The summed E-state index contributed by atoms with van der Waals surface area (Å²) in [5, 5.41) is 5.75. The number of ether oxygens (including phenoxy) is 1. The number of carbonyl (C=O) groups is 3. The molecule has 0 aromatic heterocycles. The SMILES string of the molecule is COc1ccc(CNC(=O)c2ccc(NC(=O)C3CC(=O)N(Cc4ccc(C)cc4)C3)cc2)cc1. The van der Waals surface area contributed by atoms with Crippen LogP contribution in [-0.2, 0) is 22.7 Å². The molecule has 35 heavy (non-hydrogen) atoms. The van der Waals surface area contributed by atoms with E-state index in [-0.39, 0.29) is 24.1 Å². The van der Waals surface area contributed by atoms with Crippen LogP contribution in [0.15, 0.2) is 72.8 Å². The molecule has 1 saturated heterocycles. The van der Waals surface area contributed by atoms with Crippen molar-refractivity contribution in [3.8, 4) is 5.75 Å². The highest BCUT2D eigenvalue weighted by atomic mass is 16.5. The third kappa shape index (κ3) is 6.26. The first-order chi connectivity index (χ1) is 16.9. The highest BCUT2D eigenvalue weighted by Crippen LogP contribution is 2.22. The first-order valence-electron chi connectivity index (χ1n) is 11.6. The minimum atomic E-state index is -0.402. The van der Waals surface area contributed by atoms with Crippen LogP contribution in [0, 0.1) is 12.8 Å². The molecule has 3 amide bonds. The molecular formula is C28H29N3O4. The van der Waals surface area contributed by atoms with E-state index in [1.807, 2.05) is 55.5 Å². The summed E-state index contributed by atoms with van der Waals surface area (Å²) >= 11 is 0. The fraction of sp³-hybridized carbons (Fsp3) is 0.250. The van der Waals surface area contributed by atoms with Gasteiger partial charge in [-0.1, -0.05) is 42.0 Å². The smallest absolute Gasteiger partial charge is 0.251 e. The van der Waals surface area contributed by atoms with Crippen LogP contribution in [0.5, 0.6) is 5.75 Å². The van der Waals surface area contributed by atoms with Crippen molar-refractivity contribution in [1.29, 1.82) is 0 Å². The average Bonchev–Trinajstić information content (AvgIpc) is 3.25. The van der Waals surface area contributed by atoms with E-state index in [0.29, 0.717) is 30.9 Å². The lowest BCUT2D eigenvalue weighted by atomic mass is 10.1. The van der Waals surface area contributed by atoms with E-state index in [9.17, 15) is 14.4 Å². The van der Waals surface area contributed by atoms with Crippen LogP contribution in [0.4, 0.5) is 5.69 Å². The highest BCUT2D eigenvalue weighted by Gasteiger charge is 2.34. The minimum absolute atomic E-state index is 0.0189. The van der Waals surface area contributed by atoms with Crippen LogP contribution in [0.1, 0.15) is 33.5 Å². The molecule has 0 spiro atoms. The standard InChI is InChI=1S/C28H29N3O4/c1-19-3-5-21(6-4-19)17-31-18-23(15-26(31)32)28(34)30-24-11-9-22(10-12-24)27(33)29-16-20-7-13-25(35-2)14-8-20/h3-14,23H,15-18H2,1-2H3,(H,29,33)(H,30,34). The maximum absolute atomic E-state index is 12.7. The number of nitrogens with one attached hydrogen (secondary N) is 2. The van der Waals surface area contributed by atoms with E-state index in [2.05, 4.69) is 10.6 Å². The molecule has 4 rings (SSSR count). The Kier molecular flexibility index (Phi) is 7.45. The summed E-state index contributed by atoms with van der Waals surface area (Å²) in [5.74, 6) is -0.0537. The van der Waals surface area contributed by atoms with Gasteiger partial charge in [-0.05, 0) is 54.4 Å². The fourth-order valence-corrected chi connectivity index (χ4v) is 3.99. The zero-order chi connectivity index (χ0) is 24.8. The lowest BCUT2D eigenvalue weighted by molar-refractivity contribution is -0.128. The molecule has 1 fully saturated rings. The van der Waals surface area contributed by atoms with Crippen LogP contribution in [0.25, 0.3) is 0 Å². The molecule has 2 N–H and O–H groups in total. The third-order valence-corrected chi connectivity index (χ3v) is 6.11. The van der Waals surface area contributed by atoms with Gasteiger partial charge in [-0.2, -0.15) is 0 Å². The lowest BCUT2D eigenvalue weighted by Crippen LogP contribution is -2.28. The Balaban J connectivity index is 1.27. The van der Waals surface area contributed by atoms with Crippen molar-refractivity contribution < 1.29 is 19.1 Å². The van der Waals surface area contributed by atoms with Crippen LogP contribution in [0.2, 0.25) is 0 Å². The van der Waals surface area contributed by atoms with Crippen molar-refractivity contribution in [2.24, 2.45) is 5.92 Å². The van der Waals surface area contributed by atoms with E-state index < -0.39 is 5.92 Å². The molecular weight excluding hydrogens is 442 g/mol. The van der Waals surface area contributed by atoms with Gasteiger partial charge in [0.25, 0.3) is 5.91 Å². The predicted octanol–water partition coefficient (Wildman–Crippen LogP) is 3.92. The molecule has 7 nitrogen and oxygen atoms in total. The molecule has 7 heteroatoms. The molecule has 1 aliphatic rings. The Morgan fingerprint density at radius 2 is 1.60 bits per heavy atom. The summed E-state index contributed by atoms with van der Waals surface area (Å²) in [4.78, 5) is 39.4. The van der Waals surface area contributed by atoms with Crippen LogP contribution in [-0.4, -0.2) is 36.3 Å². The molecule has 3 aromatic rings. The number of amides is 3. The number of anilines is 1. The largest absolute Gasteiger partial charge is 0.497 e. The number of hydrogen-bond acceptors (Lipinski definition) is 4. The van der Waals surface area contributed by atoms with Crippen molar-refractivity contribution in [1.82, 2.24) is 10.2 Å². The molecule has 0 aliphatic carbocycles. The first-order valence-corrected chi connectivity index (χ1v) is 11.6. The van der Waals surface area contributed by atoms with Gasteiger partial charge in [-0.3, -0.25) is 14.4 Å². The van der Waals surface area contributed by atoms with Gasteiger partial charge in [0, 0.05) is 37.3 Å². The van der Waals surface area contributed by atoms with Gasteiger partial charge >= 0.3 is 0 Å². The molecule has 1 unspecified atom stereocenters. The van der Waals surface area contributed by atoms with Crippen molar-refractivity contribution >= 4 is 23.4 Å². The van der Waals surface area contributed by atoms with E-state index in [4.69, 9.17) is 4.74 Å². The number of hydrogen-bond donors (Lipinski definition) is 2. The minimum Gasteiger partial charge on any atom is -0.497 e. The maximum Gasteiger partial charge on any atom is 0.251 e. The van der Waals surface area contributed by atoms with Gasteiger partial charge in [0.15, 0.2) is 0 Å². The number of methoxy groups -OCH3 is 1. The maximum atomic E-state index is 12.7. The first kappa shape index (κ1) is 24.0. The normalized spacial score (nSPS) is 15.1. The van der Waals surface area contributed by atoms with Crippen LogP contribution < -0.4 is 15.4 Å². The Hall–Kier alpha value is -4.13. The molecule has 1 heterocycles. The Bertz CT molecular complexity index is 1190. The molecule has 0 saturated carbocycles. The molecule has 180 valence electrons. The average molecular weight is 472 g/mol. The van der Waals surface area contributed by atoms with E-state index in [1.165, 1.54) is 5.56 Å². The van der Waals surface area contributed by atoms with Crippen molar-refractivity contribution in [2.75, 3.05) is 19.0 Å². The summed E-state index contributed by atoms with van der Waals surface area (Å²) < 4.78 is 5.14. The van der Waals surface area contributed by atoms with Gasteiger partial charge in [-0.25, -0.2) is 0 Å². The zero-order valence-electron chi connectivity index (χ0n) is 19.9. The number of likely N-dealkylation sites (tertiary alicyclic amines) is 1. The number of benzene rings is 3. The summed E-state index contributed by atoms with van der Waals surface area (Å²) in [5.41, 5.74) is 4.26. The second-order valence-corrected chi connectivity index (χ2v) is 8.76. The predicted molar refractivity (Wildman–Crippen MR) is 134 cm³/mol. The lowest BCUT2D eigenvalue weighted by Gasteiger charge is -2.17. The number of rotatable bonds is 8. The monoisotopic (exact) mass is 471 g/mol. The highest BCUT2D eigenvalue weighted by molar-refractivity contribution is 5.98. The van der Waals surface area contributed by atoms with Gasteiger partial charge < -0.3 is 20.3 Å². The summed E-state index contributed by atoms with van der Waals surface area (Å²) in [7, 11) is 1.61. The van der Waals surface area contributed by atoms with Crippen molar-refractivity contribution in [3.63, 3.8) is 0 Å². The van der Waals surface area contributed by atoms with E-state index in [1.54, 1.807) is 36.3 Å². The molecule has 3 aromatic carbocycles. The molecule has 1 aliphatic heterocycles. The quantitative estimate of drug-likeness (QED) is 0.521.